The second-order valence-corrected chi connectivity index (χ2v) is 4.89. The van der Waals surface area contributed by atoms with Crippen LogP contribution in [0.25, 0.3) is 0 Å². The van der Waals surface area contributed by atoms with E-state index in [2.05, 4.69) is 10.3 Å². The Morgan fingerprint density at radius 2 is 2.06 bits per heavy atom. The van der Waals surface area contributed by atoms with Crippen molar-refractivity contribution in [3.05, 3.63) is 11.9 Å². The summed E-state index contributed by atoms with van der Waals surface area (Å²) in [6.45, 7) is 1.73. The van der Waals surface area contributed by atoms with Gasteiger partial charge >= 0.3 is 6.18 Å². The first-order valence-corrected chi connectivity index (χ1v) is 6.31. The number of alkyl halides is 3. The maximum Gasteiger partial charge on any atom is 0.390 e. The lowest BCUT2D eigenvalue weighted by atomic mass is 10.2. The molecule has 1 N–H and O–H groups in total. The molecule has 3 nitrogen and oxygen atoms in total. The number of nitrogens with one attached hydrogen (secondary N) is 1. The Bertz CT molecular complexity index is 392. The van der Waals surface area contributed by atoms with E-state index in [0.29, 0.717) is 12.0 Å². The number of aryl methyl sites for hydroxylation is 2. The molecule has 0 saturated heterocycles. The second kappa shape index (κ2) is 5.20. The molecule has 1 aliphatic rings. The zero-order valence-electron chi connectivity index (χ0n) is 10.4. The first-order valence-electron chi connectivity index (χ1n) is 6.31. The van der Waals surface area contributed by atoms with E-state index in [1.54, 1.807) is 17.7 Å². The molecule has 1 aliphatic carbocycles. The third kappa shape index (κ3) is 3.65. The van der Waals surface area contributed by atoms with E-state index < -0.39 is 12.6 Å². The third-order valence-electron chi connectivity index (χ3n) is 3.22. The van der Waals surface area contributed by atoms with E-state index in [1.807, 2.05) is 0 Å². The Hall–Kier alpha value is -1.20. The average molecular weight is 261 g/mol. The summed E-state index contributed by atoms with van der Waals surface area (Å²) in [5, 5.41) is 3.25. The molecule has 0 bridgehead atoms. The molecule has 0 aliphatic heterocycles. The normalized spacial score (nSPS) is 17.3. The van der Waals surface area contributed by atoms with Crippen molar-refractivity contribution in [2.45, 2.75) is 57.8 Å². The van der Waals surface area contributed by atoms with Gasteiger partial charge in [-0.25, -0.2) is 4.98 Å². The molecular weight excluding hydrogens is 243 g/mol. The van der Waals surface area contributed by atoms with Gasteiger partial charge in [-0.2, -0.15) is 13.2 Å². The summed E-state index contributed by atoms with van der Waals surface area (Å²) in [4.78, 5) is 4.26. The molecule has 6 heteroatoms. The lowest BCUT2D eigenvalue weighted by Crippen LogP contribution is -2.19. The Morgan fingerprint density at radius 3 is 2.67 bits per heavy atom. The van der Waals surface area contributed by atoms with E-state index in [0.717, 1.165) is 18.5 Å². The first kappa shape index (κ1) is 13.2. The SMILES string of the molecule is Cc1cn(CCC(F)(F)F)c(NC2CCCC2)n1. The highest BCUT2D eigenvalue weighted by atomic mass is 19.4. The number of aromatic nitrogens is 2. The molecule has 1 fully saturated rings. The quantitative estimate of drug-likeness (QED) is 0.899. The van der Waals surface area contributed by atoms with Gasteiger partial charge in [-0.1, -0.05) is 12.8 Å². The molecule has 102 valence electrons. The van der Waals surface area contributed by atoms with Crippen molar-refractivity contribution < 1.29 is 13.2 Å². The molecule has 1 heterocycles. The van der Waals surface area contributed by atoms with Gasteiger partial charge in [-0.15, -0.1) is 0 Å². The van der Waals surface area contributed by atoms with Crippen LogP contribution >= 0.6 is 0 Å². The van der Waals surface area contributed by atoms with Gasteiger partial charge in [0.2, 0.25) is 5.95 Å². The van der Waals surface area contributed by atoms with Crippen LogP contribution in [0.5, 0.6) is 0 Å². The van der Waals surface area contributed by atoms with Gasteiger partial charge in [0.15, 0.2) is 0 Å². The molecule has 0 spiro atoms. The Morgan fingerprint density at radius 1 is 1.39 bits per heavy atom. The highest BCUT2D eigenvalue weighted by molar-refractivity contribution is 5.30. The summed E-state index contributed by atoms with van der Waals surface area (Å²) < 4.78 is 38.3. The van der Waals surface area contributed by atoms with Crippen LogP contribution in [0.15, 0.2) is 6.20 Å². The van der Waals surface area contributed by atoms with Crippen LogP contribution in [0.1, 0.15) is 37.8 Å². The zero-order valence-corrected chi connectivity index (χ0v) is 10.4. The fourth-order valence-electron chi connectivity index (χ4n) is 2.33. The molecule has 0 atom stereocenters. The van der Waals surface area contributed by atoms with Gasteiger partial charge in [0.1, 0.15) is 0 Å². The summed E-state index contributed by atoms with van der Waals surface area (Å²) in [5.74, 6) is 0.573. The number of rotatable bonds is 4. The topological polar surface area (TPSA) is 29.9 Å². The van der Waals surface area contributed by atoms with Crippen LogP contribution in [-0.2, 0) is 6.54 Å². The van der Waals surface area contributed by atoms with Crippen molar-refractivity contribution >= 4 is 5.95 Å². The van der Waals surface area contributed by atoms with Crippen molar-refractivity contribution in [3.63, 3.8) is 0 Å². The van der Waals surface area contributed by atoms with Gasteiger partial charge in [0.25, 0.3) is 0 Å². The zero-order chi connectivity index (χ0) is 13.2. The van der Waals surface area contributed by atoms with Crippen molar-refractivity contribution in [2.24, 2.45) is 0 Å². The van der Waals surface area contributed by atoms with Gasteiger partial charge in [0.05, 0.1) is 12.1 Å². The van der Waals surface area contributed by atoms with Crippen LogP contribution in [-0.4, -0.2) is 21.8 Å². The summed E-state index contributed by atoms with van der Waals surface area (Å²) in [6.07, 6.45) is 1.24. The van der Waals surface area contributed by atoms with Gasteiger partial charge in [0, 0.05) is 18.8 Å². The lowest BCUT2D eigenvalue weighted by molar-refractivity contribution is -0.136. The molecule has 1 aromatic rings. The van der Waals surface area contributed by atoms with Gasteiger partial charge < -0.3 is 9.88 Å². The lowest BCUT2D eigenvalue weighted by Gasteiger charge is -2.15. The predicted molar refractivity (Wildman–Crippen MR) is 63.5 cm³/mol. The van der Waals surface area contributed by atoms with E-state index in [-0.39, 0.29) is 6.54 Å². The molecule has 0 unspecified atom stereocenters. The molecule has 0 amide bonds. The number of nitrogens with zero attached hydrogens (tertiary/aromatic N) is 2. The average Bonchev–Trinajstić information content (AvgIpc) is 2.85. The fraction of sp³-hybridized carbons (Fsp3) is 0.750. The number of halogens is 3. The van der Waals surface area contributed by atoms with Crippen molar-refractivity contribution in [1.29, 1.82) is 0 Å². The molecular formula is C12H18F3N3. The van der Waals surface area contributed by atoms with E-state index in [4.69, 9.17) is 0 Å². The smallest absolute Gasteiger partial charge is 0.353 e. The maximum absolute atomic E-state index is 12.2. The minimum atomic E-state index is -4.12. The summed E-state index contributed by atoms with van der Waals surface area (Å²) in [7, 11) is 0. The molecule has 2 rings (SSSR count). The molecule has 1 saturated carbocycles. The number of anilines is 1. The van der Waals surface area contributed by atoms with Crippen LogP contribution in [0.3, 0.4) is 0 Å². The minimum Gasteiger partial charge on any atom is -0.353 e. The minimum absolute atomic E-state index is 0.0700. The third-order valence-corrected chi connectivity index (χ3v) is 3.22. The molecule has 18 heavy (non-hydrogen) atoms. The first-order chi connectivity index (χ1) is 8.44. The van der Waals surface area contributed by atoms with E-state index in [1.165, 1.54) is 12.8 Å². The van der Waals surface area contributed by atoms with Crippen molar-refractivity contribution in [3.8, 4) is 0 Å². The van der Waals surface area contributed by atoms with Crippen LogP contribution in [0, 0.1) is 6.92 Å². The van der Waals surface area contributed by atoms with E-state index >= 15 is 0 Å². The Balaban J connectivity index is 2.00. The predicted octanol–water partition coefficient (Wildman–Crippen LogP) is 3.50. The summed E-state index contributed by atoms with van der Waals surface area (Å²) >= 11 is 0. The number of hydrogen-bond donors (Lipinski definition) is 1. The Labute approximate surface area is 104 Å². The second-order valence-electron chi connectivity index (χ2n) is 4.89. The Kier molecular flexibility index (Phi) is 3.82. The van der Waals surface area contributed by atoms with Crippen LogP contribution < -0.4 is 5.32 Å². The van der Waals surface area contributed by atoms with E-state index in [9.17, 15) is 13.2 Å². The fourth-order valence-corrected chi connectivity index (χ4v) is 2.33. The number of hydrogen-bond acceptors (Lipinski definition) is 2. The molecule has 0 radical (unpaired) electrons. The van der Waals surface area contributed by atoms with Crippen LogP contribution in [0.4, 0.5) is 19.1 Å². The van der Waals surface area contributed by atoms with Crippen molar-refractivity contribution in [2.75, 3.05) is 5.32 Å². The molecule has 0 aromatic carbocycles. The monoisotopic (exact) mass is 261 g/mol. The standard InChI is InChI=1S/C12H18F3N3/c1-9-8-18(7-6-12(13,14)15)11(16-9)17-10-4-2-3-5-10/h8,10H,2-7H2,1H3,(H,16,17). The maximum atomic E-state index is 12.2. The van der Waals surface area contributed by atoms with Crippen LogP contribution in [0.2, 0.25) is 0 Å². The summed E-state index contributed by atoms with van der Waals surface area (Å²) in [6, 6.07) is 0.358. The summed E-state index contributed by atoms with van der Waals surface area (Å²) in [5.41, 5.74) is 0.748. The number of imidazole rings is 1. The molecule has 1 aromatic heterocycles. The van der Waals surface area contributed by atoms with Gasteiger partial charge in [-0.3, -0.25) is 0 Å². The highest BCUT2D eigenvalue weighted by Gasteiger charge is 2.27. The van der Waals surface area contributed by atoms with Gasteiger partial charge in [-0.05, 0) is 19.8 Å². The largest absolute Gasteiger partial charge is 0.390 e. The van der Waals surface area contributed by atoms with Crippen molar-refractivity contribution in [1.82, 2.24) is 9.55 Å². The highest BCUT2D eigenvalue weighted by Crippen LogP contribution is 2.24.